The Kier molecular flexibility index (Phi) is 5.49. The molecular weight excluding hydrogens is 407 g/mol. The first-order valence-electron chi connectivity index (χ1n) is 8.29. The van der Waals surface area contributed by atoms with E-state index in [2.05, 4.69) is 20.5 Å². The second-order valence-electron chi connectivity index (χ2n) is 5.81. The Hall–Kier alpha value is -2.59. The van der Waals surface area contributed by atoms with Crippen molar-refractivity contribution in [2.24, 2.45) is 0 Å². The molecule has 0 saturated heterocycles. The fourth-order valence-corrected chi connectivity index (χ4v) is 4.34. The number of aromatic nitrogens is 4. The van der Waals surface area contributed by atoms with Crippen molar-refractivity contribution in [2.45, 2.75) is 23.2 Å². The van der Waals surface area contributed by atoms with Crippen LogP contribution in [0.3, 0.4) is 0 Å². The van der Waals surface area contributed by atoms with Gasteiger partial charge in [-0.05, 0) is 29.8 Å². The first-order valence-corrected chi connectivity index (χ1v) is 10.1. The highest BCUT2D eigenvalue weighted by atomic mass is 32.2. The minimum absolute atomic E-state index is 0.256. The maximum Gasteiger partial charge on any atom is 0.320 e. The summed E-state index contributed by atoms with van der Waals surface area (Å²) in [4.78, 5) is 4.31. The van der Waals surface area contributed by atoms with Crippen molar-refractivity contribution in [1.29, 1.82) is 0 Å². The molecule has 2 heterocycles. The first-order chi connectivity index (χ1) is 13.6. The topological polar surface area (TPSA) is 55.6 Å². The SMILES string of the molecule is Fc1ccc(CNc2nnc(SCc3nc4ccccc4n3C(F)F)s2)cc1. The molecule has 10 heteroatoms. The number of nitrogens with one attached hydrogen (secondary N) is 1. The lowest BCUT2D eigenvalue weighted by atomic mass is 10.2. The number of benzene rings is 2. The van der Waals surface area contributed by atoms with Crippen LogP contribution in [0.2, 0.25) is 0 Å². The van der Waals surface area contributed by atoms with Crippen LogP contribution in [0.1, 0.15) is 17.9 Å². The van der Waals surface area contributed by atoms with Crippen LogP contribution < -0.4 is 5.32 Å². The van der Waals surface area contributed by atoms with Gasteiger partial charge in [0.2, 0.25) is 5.13 Å². The molecule has 0 spiro atoms. The van der Waals surface area contributed by atoms with Crippen LogP contribution in [0.4, 0.5) is 18.3 Å². The van der Waals surface area contributed by atoms with Crippen LogP contribution in [-0.4, -0.2) is 19.7 Å². The van der Waals surface area contributed by atoms with Crippen LogP contribution >= 0.6 is 23.1 Å². The van der Waals surface area contributed by atoms with Crippen molar-refractivity contribution in [3.8, 4) is 0 Å². The van der Waals surface area contributed by atoms with E-state index in [1.165, 1.54) is 35.2 Å². The predicted molar refractivity (Wildman–Crippen MR) is 104 cm³/mol. The Labute approximate surface area is 166 Å². The van der Waals surface area contributed by atoms with E-state index in [1.54, 1.807) is 36.4 Å². The maximum atomic E-state index is 13.5. The number of para-hydroxylation sites is 2. The number of fused-ring (bicyclic) bond motifs is 1. The summed E-state index contributed by atoms with van der Waals surface area (Å²) in [6.07, 6.45) is 0. The number of hydrogen-bond donors (Lipinski definition) is 1. The fourth-order valence-electron chi connectivity index (χ4n) is 2.66. The molecule has 0 aliphatic carbocycles. The Balaban J connectivity index is 1.41. The molecule has 0 atom stereocenters. The number of alkyl halides is 2. The largest absolute Gasteiger partial charge is 0.356 e. The molecule has 0 bridgehead atoms. The maximum absolute atomic E-state index is 13.5. The lowest BCUT2D eigenvalue weighted by molar-refractivity contribution is 0.0722. The third-order valence-corrected chi connectivity index (χ3v) is 5.96. The highest BCUT2D eigenvalue weighted by Gasteiger charge is 2.18. The van der Waals surface area contributed by atoms with Gasteiger partial charge in [-0.1, -0.05) is 47.4 Å². The van der Waals surface area contributed by atoms with Gasteiger partial charge in [0.25, 0.3) is 0 Å². The number of anilines is 1. The lowest BCUT2D eigenvalue weighted by Gasteiger charge is -2.06. The summed E-state index contributed by atoms with van der Waals surface area (Å²) in [6, 6.07) is 13.0. The van der Waals surface area contributed by atoms with Crippen LogP contribution in [-0.2, 0) is 12.3 Å². The number of halogens is 3. The van der Waals surface area contributed by atoms with Crippen LogP contribution in [0, 0.1) is 5.82 Å². The van der Waals surface area contributed by atoms with Crippen LogP contribution in [0.5, 0.6) is 0 Å². The van der Waals surface area contributed by atoms with E-state index in [4.69, 9.17) is 0 Å². The molecule has 0 radical (unpaired) electrons. The molecule has 144 valence electrons. The smallest absolute Gasteiger partial charge is 0.320 e. The Morgan fingerprint density at radius 2 is 1.86 bits per heavy atom. The second-order valence-corrected chi connectivity index (χ2v) is 8.01. The molecule has 0 fully saturated rings. The molecule has 4 rings (SSSR count). The zero-order valence-electron chi connectivity index (χ0n) is 14.3. The van der Waals surface area contributed by atoms with Crippen molar-refractivity contribution in [2.75, 3.05) is 5.32 Å². The van der Waals surface area contributed by atoms with Gasteiger partial charge in [-0.3, -0.25) is 4.57 Å². The van der Waals surface area contributed by atoms with Crippen molar-refractivity contribution in [3.63, 3.8) is 0 Å². The van der Waals surface area contributed by atoms with Gasteiger partial charge >= 0.3 is 6.55 Å². The average molecular weight is 421 g/mol. The quantitative estimate of drug-likeness (QED) is 0.409. The molecule has 0 unspecified atom stereocenters. The van der Waals surface area contributed by atoms with Gasteiger partial charge in [0.15, 0.2) is 4.34 Å². The molecule has 0 saturated carbocycles. The molecular formula is C18H14F3N5S2. The highest BCUT2D eigenvalue weighted by Crippen LogP contribution is 2.31. The van der Waals surface area contributed by atoms with Gasteiger partial charge in [-0.15, -0.1) is 10.2 Å². The summed E-state index contributed by atoms with van der Waals surface area (Å²) >= 11 is 2.63. The van der Waals surface area contributed by atoms with Gasteiger partial charge in [0.05, 0.1) is 16.8 Å². The van der Waals surface area contributed by atoms with Gasteiger partial charge in [-0.25, -0.2) is 9.37 Å². The first kappa shape index (κ1) is 18.8. The van der Waals surface area contributed by atoms with E-state index < -0.39 is 6.55 Å². The van der Waals surface area contributed by atoms with Gasteiger partial charge in [0, 0.05) is 6.54 Å². The van der Waals surface area contributed by atoms with Crippen LogP contribution in [0.25, 0.3) is 11.0 Å². The van der Waals surface area contributed by atoms with E-state index >= 15 is 0 Å². The molecule has 0 aliphatic rings. The van der Waals surface area contributed by atoms with Crippen molar-refractivity contribution < 1.29 is 13.2 Å². The number of imidazole rings is 1. The van der Waals surface area contributed by atoms with E-state index in [-0.39, 0.29) is 17.4 Å². The summed E-state index contributed by atoms with van der Waals surface area (Å²) in [6.45, 7) is -2.17. The van der Waals surface area contributed by atoms with Crippen molar-refractivity contribution >= 4 is 39.3 Å². The fraction of sp³-hybridized carbons (Fsp3) is 0.167. The molecule has 1 N–H and O–H groups in total. The van der Waals surface area contributed by atoms with Crippen LogP contribution in [0.15, 0.2) is 52.9 Å². The van der Waals surface area contributed by atoms with E-state index in [0.29, 0.717) is 27.0 Å². The lowest BCUT2D eigenvalue weighted by Crippen LogP contribution is -2.03. The molecule has 0 aliphatic heterocycles. The van der Waals surface area contributed by atoms with Gasteiger partial charge < -0.3 is 5.32 Å². The third-order valence-electron chi connectivity index (χ3n) is 3.95. The Bertz CT molecular complexity index is 1080. The standard InChI is InChI=1S/C18H14F3N5S2/c19-12-7-5-11(6-8-12)9-22-17-24-25-18(28-17)27-10-15-23-13-3-1-2-4-14(13)26(15)16(20)21/h1-8,16H,9-10H2,(H,22,24). The summed E-state index contributed by atoms with van der Waals surface area (Å²) in [5.41, 5.74) is 1.86. The summed E-state index contributed by atoms with van der Waals surface area (Å²) in [5.74, 6) is 0.261. The van der Waals surface area contributed by atoms with E-state index in [0.717, 1.165) is 10.1 Å². The summed E-state index contributed by atoms with van der Waals surface area (Å²) in [5, 5.41) is 11.8. The zero-order chi connectivity index (χ0) is 19.5. The highest BCUT2D eigenvalue weighted by molar-refractivity contribution is 8.00. The zero-order valence-corrected chi connectivity index (χ0v) is 16.0. The number of nitrogens with zero attached hydrogens (tertiary/aromatic N) is 4. The Morgan fingerprint density at radius 1 is 1.07 bits per heavy atom. The number of hydrogen-bond acceptors (Lipinski definition) is 6. The molecule has 0 amide bonds. The molecule has 2 aromatic heterocycles. The van der Waals surface area contributed by atoms with Crippen molar-refractivity contribution in [3.05, 3.63) is 65.7 Å². The van der Waals surface area contributed by atoms with Gasteiger partial charge in [-0.2, -0.15) is 8.78 Å². The average Bonchev–Trinajstić information content (AvgIpc) is 3.30. The molecule has 4 aromatic rings. The number of rotatable bonds is 7. The molecule has 2 aromatic carbocycles. The molecule has 28 heavy (non-hydrogen) atoms. The molecule has 5 nitrogen and oxygen atoms in total. The third kappa shape index (κ3) is 4.12. The Morgan fingerprint density at radius 3 is 2.64 bits per heavy atom. The number of thioether (sulfide) groups is 1. The predicted octanol–water partition coefficient (Wildman–Crippen LogP) is 5.33. The van der Waals surface area contributed by atoms with Crippen molar-refractivity contribution in [1.82, 2.24) is 19.7 Å². The summed E-state index contributed by atoms with van der Waals surface area (Å²) < 4.78 is 41.4. The second kappa shape index (κ2) is 8.19. The minimum atomic E-state index is -2.66. The van der Waals surface area contributed by atoms with E-state index in [9.17, 15) is 13.2 Å². The van der Waals surface area contributed by atoms with Gasteiger partial charge in [0.1, 0.15) is 11.6 Å². The minimum Gasteiger partial charge on any atom is -0.356 e. The monoisotopic (exact) mass is 421 g/mol. The summed E-state index contributed by atoms with van der Waals surface area (Å²) in [7, 11) is 0. The normalized spacial score (nSPS) is 11.4. The van der Waals surface area contributed by atoms with E-state index in [1.807, 2.05) is 0 Å².